The number of nitriles is 1. The molecule has 3 aliphatic rings. The summed E-state index contributed by atoms with van der Waals surface area (Å²) in [6.07, 6.45) is -4.53. The van der Waals surface area contributed by atoms with Crippen molar-refractivity contribution in [1.82, 2.24) is 20.4 Å². The first-order valence-corrected chi connectivity index (χ1v) is 12.0. The number of carbonyl (C=O) groups is 4. The number of amides is 4. The molecule has 0 aromatic heterocycles. The maximum absolute atomic E-state index is 13.5. The predicted octanol–water partition coefficient (Wildman–Crippen LogP) is 1.44. The molecule has 36 heavy (non-hydrogen) atoms. The Bertz CT molecular complexity index is 984. The first-order chi connectivity index (χ1) is 16.4. The van der Waals surface area contributed by atoms with Crippen LogP contribution in [-0.2, 0) is 19.2 Å². The molecule has 0 bridgehead atoms. The van der Waals surface area contributed by atoms with Gasteiger partial charge in [0.15, 0.2) is 0 Å². The largest absolute Gasteiger partial charge is 0.471 e. The molecule has 6 atom stereocenters. The quantitative estimate of drug-likeness (QED) is 0.576. The van der Waals surface area contributed by atoms with Crippen molar-refractivity contribution in [3.8, 4) is 6.07 Å². The van der Waals surface area contributed by atoms with E-state index in [1.54, 1.807) is 11.9 Å². The van der Waals surface area contributed by atoms with E-state index in [0.29, 0.717) is 13.0 Å². The molecule has 2 aliphatic heterocycles. The molecule has 0 radical (unpaired) electrons. The number of hydrogen-bond donors (Lipinski definition) is 2. The van der Waals surface area contributed by atoms with Crippen molar-refractivity contribution in [3.63, 3.8) is 0 Å². The Morgan fingerprint density at radius 2 is 1.78 bits per heavy atom. The van der Waals surface area contributed by atoms with Crippen molar-refractivity contribution in [2.75, 3.05) is 20.1 Å². The molecule has 3 unspecified atom stereocenters. The SMILES string of the molecule is CN1CCC(C(C#N)NC(=O)[C@@H]2[C@@H]3[C@H](CN2C(=O)C(NC(=O)C(F)(F)F)C(C)(C)C)C3(C)C)CC1=O. The maximum atomic E-state index is 13.5. The smallest absolute Gasteiger partial charge is 0.346 e. The van der Waals surface area contributed by atoms with Crippen LogP contribution in [0, 0.1) is 39.9 Å². The third-order valence-corrected chi connectivity index (χ3v) is 8.01. The third kappa shape index (κ3) is 5.15. The van der Waals surface area contributed by atoms with E-state index in [-0.39, 0.29) is 42.0 Å². The molecular weight excluding hydrogens is 479 g/mol. The molecule has 12 heteroatoms. The Kier molecular flexibility index (Phi) is 7.11. The Morgan fingerprint density at radius 1 is 1.17 bits per heavy atom. The average Bonchev–Trinajstić information content (AvgIpc) is 3.09. The maximum Gasteiger partial charge on any atom is 0.471 e. The number of nitrogens with zero attached hydrogens (tertiary/aromatic N) is 3. The summed E-state index contributed by atoms with van der Waals surface area (Å²) in [5.74, 6) is -4.36. The van der Waals surface area contributed by atoms with Gasteiger partial charge in [-0.3, -0.25) is 19.2 Å². The van der Waals surface area contributed by atoms with Gasteiger partial charge in [-0.1, -0.05) is 34.6 Å². The fourth-order valence-corrected chi connectivity index (χ4v) is 5.59. The number of piperidine rings is 2. The fraction of sp³-hybridized carbons (Fsp3) is 0.792. The van der Waals surface area contributed by atoms with Crippen LogP contribution in [0.25, 0.3) is 0 Å². The molecule has 1 saturated carbocycles. The Balaban J connectivity index is 1.83. The molecule has 2 saturated heterocycles. The van der Waals surface area contributed by atoms with E-state index in [2.05, 4.69) is 11.4 Å². The van der Waals surface area contributed by atoms with Crippen molar-refractivity contribution < 1.29 is 32.3 Å². The first-order valence-electron chi connectivity index (χ1n) is 12.0. The van der Waals surface area contributed by atoms with E-state index in [1.165, 1.54) is 25.7 Å². The highest BCUT2D eigenvalue weighted by atomic mass is 19.4. The molecular formula is C24H34F3N5O4. The summed E-state index contributed by atoms with van der Waals surface area (Å²) in [6.45, 7) is 9.12. The number of alkyl halides is 3. The van der Waals surface area contributed by atoms with Gasteiger partial charge >= 0.3 is 12.1 Å². The van der Waals surface area contributed by atoms with Crippen LogP contribution in [-0.4, -0.2) is 77.9 Å². The molecule has 200 valence electrons. The number of nitrogens with one attached hydrogen (secondary N) is 2. The number of fused-ring (bicyclic) bond motifs is 1. The van der Waals surface area contributed by atoms with Crippen molar-refractivity contribution >= 4 is 23.6 Å². The van der Waals surface area contributed by atoms with Crippen LogP contribution in [0.1, 0.15) is 47.5 Å². The van der Waals surface area contributed by atoms with Crippen LogP contribution < -0.4 is 10.6 Å². The molecule has 4 amide bonds. The second kappa shape index (κ2) is 9.23. The second-order valence-electron chi connectivity index (χ2n) is 11.8. The normalized spacial score (nSPS) is 29.1. The van der Waals surface area contributed by atoms with Gasteiger partial charge in [0.25, 0.3) is 0 Å². The van der Waals surface area contributed by atoms with Crippen LogP contribution in [0.3, 0.4) is 0 Å². The molecule has 9 nitrogen and oxygen atoms in total. The van der Waals surface area contributed by atoms with Crippen molar-refractivity contribution in [1.29, 1.82) is 5.26 Å². The average molecular weight is 514 g/mol. The molecule has 1 aliphatic carbocycles. The topological polar surface area (TPSA) is 123 Å². The minimum Gasteiger partial charge on any atom is -0.346 e. The van der Waals surface area contributed by atoms with Crippen molar-refractivity contribution in [2.45, 2.75) is 71.8 Å². The van der Waals surface area contributed by atoms with Crippen molar-refractivity contribution in [3.05, 3.63) is 0 Å². The van der Waals surface area contributed by atoms with Gasteiger partial charge in [0.1, 0.15) is 18.1 Å². The number of halogens is 3. The van der Waals surface area contributed by atoms with Gasteiger partial charge in [0.2, 0.25) is 17.7 Å². The van der Waals surface area contributed by atoms with Gasteiger partial charge < -0.3 is 20.4 Å². The zero-order valence-corrected chi connectivity index (χ0v) is 21.4. The minimum absolute atomic E-state index is 0.0402. The lowest BCUT2D eigenvalue weighted by Crippen LogP contribution is -2.61. The number of hydrogen-bond acceptors (Lipinski definition) is 5. The molecule has 2 heterocycles. The molecule has 2 N–H and O–H groups in total. The van der Waals surface area contributed by atoms with Gasteiger partial charge in [-0.2, -0.15) is 18.4 Å². The summed E-state index contributed by atoms with van der Waals surface area (Å²) in [5.41, 5.74) is -1.33. The van der Waals surface area contributed by atoms with E-state index in [0.717, 1.165) is 0 Å². The van der Waals surface area contributed by atoms with Gasteiger partial charge in [0.05, 0.1) is 6.07 Å². The second-order valence-corrected chi connectivity index (χ2v) is 11.8. The minimum atomic E-state index is -5.17. The van der Waals surface area contributed by atoms with Gasteiger partial charge in [0, 0.05) is 32.5 Å². The highest BCUT2D eigenvalue weighted by Gasteiger charge is 2.70. The van der Waals surface area contributed by atoms with Crippen LogP contribution in [0.5, 0.6) is 0 Å². The molecule has 0 aromatic carbocycles. The van der Waals surface area contributed by atoms with Gasteiger partial charge in [-0.05, 0) is 29.1 Å². The molecule has 0 aromatic rings. The zero-order chi connectivity index (χ0) is 27.4. The summed E-state index contributed by atoms with van der Waals surface area (Å²) in [5, 5.41) is 14.2. The van der Waals surface area contributed by atoms with Gasteiger partial charge in [-0.15, -0.1) is 0 Å². The van der Waals surface area contributed by atoms with Crippen LogP contribution in [0.4, 0.5) is 13.2 Å². The highest BCUT2D eigenvalue weighted by Crippen LogP contribution is 2.65. The van der Waals surface area contributed by atoms with E-state index in [1.807, 2.05) is 19.2 Å². The monoisotopic (exact) mass is 513 g/mol. The standard InChI is InChI=1S/C24H34F3N5O4/c1-22(2,3)18(30-21(36)24(25,26)27)20(35)32-11-13-16(23(13,4)5)17(32)19(34)29-14(10-28)12-7-8-31(6)15(33)9-12/h12-14,16-18H,7-9,11H2,1-6H3,(H,29,34)(H,30,36)/t12?,13-,14?,16-,17-,18?/m0/s1. The Hall–Kier alpha value is -2.84. The lowest BCUT2D eigenvalue weighted by Gasteiger charge is -2.38. The summed E-state index contributed by atoms with van der Waals surface area (Å²) >= 11 is 0. The fourth-order valence-electron chi connectivity index (χ4n) is 5.59. The van der Waals surface area contributed by atoms with E-state index in [9.17, 15) is 37.6 Å². The third-order valence-electron chi connectivity index (χ3n) is 8.01. The van der Waals surface area contributed by atoms with Crippen molar-refractivity contribution in [2.24, 2.45) is 28.6 Å². The number of likely N-dealkylation sites (tertiary alicyclic amines) is 2. The molecule has 3 rings (SSSR count). The van der Waals surface area contributed by atoms with Gasteiger partial charge in [-0.25, -0.2) is 0 Å². The lowest BCUT2D eigenvalue weighted by molar-refractivity contribution is -0.176. The molecule has 3 fully saturated rings. The predicted molar refractivity (Wildman–Crippen MR) is 122 cm³/mol. The summed E-state index contributed by atoms with van der Waals surface area (Å²) in [4.78, 5) is 53.6. The van der Waals surface area contributed by atoms with E-state index >= 15 is 0 Å². The molecule has 0 spiro atoms. The Labute approximate surface area is 208 Å². The van der Waals surface area contributed by atoms with Crippen LogP contribution >= 0.6 is 0 Å². The summed E-state index contributed by atoms with van der Waals surface area (Å²) < 4.78 is 38.9. The number of carbonyl (C=O) groups excluding carboxylic acids is 4. The van der Waals surface area contributed by atoms with E-state index in [4.69, 9.17) is 0 Å². The summed E-state index contributed by atoms with van der Waals surface area (Å²) in [7, 11) is 1.67. The first kappa shape index (κ1) is 27.7. The summed E-state index contributed by atoms with van der Waals surface area (Å²) in [6, 6.07) is -1.40. The lowest BCUT2D eigenvalue weighted by atomic mass is 9.85. The Morgan fingerprint density at radius 3 is 2.28 bits per heavy atom. The zero-order valence-electron chi connectivity index (χ0n) is 21.4. The van der Waals surface area contributed by atoms with Crippen LogP contribution in [0.15, 0.2) is 0 Å². The van der Waals surface area contributed by atoms with E-state index < -0.39 is 47.4 Å². The number of rotatable bonds is 5. The van der Waals surface area contributed by atoms with Crippen LogP contribution in [0.2, 0.25) is 0 Å². The highest BCUT2D eigenvalue weighted by molar-refractivity contribution is 5.95.